The fourth-order valence-corrected chi connectivity index (χ4v) is 2.25. The fourth-order valence-electron chi connectivity index (χ4n) is 2.06. The zero-order chi connectivity index (χ0) is 14.5. The number of carbonyl (C=O) groups is 1. The van der Waals surface area contributed by atoms with Crippen molar-refractivity contribution in [2.24, 2.45) is 0 Å². The highest BCUT2D eigenvalue weighted by Gasteiger charge is 2.25. The van der Waals surface area contributed by atoms with E-state index in [0.29, 0.717) is 18.2 Å². The Bertz CT molecular complexity index is 577. The maximum atomic E-state index is 12.2. The molecule has 2 rings (SSSR count). The van der Waals surface area contributed by atoms with Gasteiger partial charge in [0.05, 0.1) is 19.3 Å². The molecule has 1 aromatic rings. The number of carbonyl (C=O) groups excluding carboxylic acids is 1. The first-order valence-electron chi connectivity index (χ1n) is 6.34. The number of hydrogen-bond donors (Lipinski definition) is 0. The molecule has 1 heterocycles. The van der Waals surface area contributed by atoms with Gasteiger partial charge in [0.15, 0.2) is 0 Å². The summed E-state index contributed by atoms with van der Waals surface area (Å²) in [5, 5.41) is 9.66. The minimum atomic E-state index is -0.514. The molecule has 4 nitrogen and oxygen atoms in total. The topological polar surface area (TPSA) is 53.3 Å². The first-order chi connectivity index (χ1) is 9.61. The van der Waals surface area contributed by atoms with Gasteiger partial charge in [-0.15, -0.1) is 0 Å². The van der Waals surface area contributed by atoms with Gasteiger partial charge in [0, 0.05) is 17.6 Å². The third-order valence-corrected chi connectivity index (χ3v) is 3.42. The summed E-state index contributed by atoms with van der Waals surface area (Å²) in [5.74, 6) is -0.169. The quantitative estimate of drug-likeness (QED) is 0.786. The Kier molecular flexibility index (Phi) is 4.78. The SMILES string of the molecule is C/C(=C\C(=O)N1CCOCC1C#N)c1cccc(Cl)c1. The number of rotatable bonds is 2. The minimum Gasteiger partial charge on any atom is -0.376 e. The fraction of sp³-hybridized carbons (Fsp3) is 0.333. The Hall–Kier alpha value is -1.83. The van der Waals surface area contributed by atoms with Crippen molar-refractivity contribution in [3.63, 3.8) is 0 Å². The number of amides is 1. The molecular weight excluding hydrogens is 276 g/mol. The summed E-state index contributed by atoms with van der Waals surface area (Å²) >= 11 is 5.94. The van der Waals surface area contributed by atoms with Crippen molar-refractivity contribution in [3.05, 3.63) is 40.9 Å². The second-order valence-corrected chi connectivity index (χ2v) is 5.03. The lowest BCUT2D eigenvalue weighted by atomic mass is 10.1. The summed E-state index contributed by atoms with van der Waals surface area (Å²) in [6.45, 7) is 3.03. The van der Waals surface area contributed by atoms with E-state index in [1.54, 1.807) is 12.1 Å². The highest BCUT2D eigenvalue weighted by Crippen LogP contribution is 2.19. The van der Waals surface area contributed by atoms with Crippen molar-refractivity contribution in [1.82, 2.24) is 4.90 Å². The van der Waals surface area contributed by atoms with Crippen LogP contribution in [0.2, 0.25) is 5.02 Å². The molecule has 1 unspecified atom stereocenters. The normalized spacial score (nSPS) is 19.6. The molecule has 1 aromatic carbocycles. The monoisotopic (exact) mass is 290 g/mol. The van der Waals surface area contributed by atoms with Gasteiger partial charge < -0.3 is 9.64 Å². The molecule has 0 radical (unpaired) electrons. The first kappa shape index (κ1) is 14.6. The molecule has 1 aliphatic rings. The lowest BCUT2D eigenvalue weighted by molar-refractivity contribution is -0.132. The molecule has 0 saturated carbocycles. The predicted molar refractivity (Wildman–Crippen MR) is 77.0 cm³/mol. The summed E-state index contributed by atoms with van der Waals surface area (Å²) < 4.78 is 5.20. The molecule has 5 heteroatoms. The molecule has 0 aliphatic carbocycles. The molecule has 0 bridgehead atoms. The Labute approximate surface area is 123 Å². The third kappa shape index (κ3) is 3.38. The summed E-state index contributed by atoms with van der Waals surface area (Å²) in [5.41, 5.74) is 1.72. The number of nitrogens with zero attached hydrogens (tertiary/aromatic N) is 2. The van der Waals surface area contributed by atoms with E-state index in [9.17, 15) is 4.79 Å². The highest BCUT2D eigenvalue weighted by atomic mass is 35.5. The van der Waals surface area contributed by atoms with Gasteiger partial charge in [-0.1, -0.05) is 23.7 Å². The number of benzene rings is 1. The minimum absolute atomic E-state index is 0.169. The molecule has 1 fully saturated rings. The molecule has 1 atom stereocenters. The molecule has 0 spiro atoms. The maximum absolute atomic E-state index is 12.2. The van der Waals surface area contributed by atoms with Crippen LogP contribution >= 0.6 is 11.6 Å². The number of allylic oxidation sites excluding steroid dienone is 1. The average Bonchev–Trinajstić information content (AvgIpc) is 2.47. The molecule has 1 amide bonds. The largest absolute Gasteiger partial charge is 0.376 e. The van der Waals surface area contributed by atoms with Gasteiger partial charge in [0.1, 0.15) is 6.04 Å². The van der Waals surface area contributed by atoms with E-state index in [-0.39, 0.29) is 12.5 Å². The van der Waals surface area contributed by atoms with E-state index < -0.39 is 6.04 Å². The van der Waals surface area contributed by atoms with Gasteiger partial charge in [-0.3, -0.25) is 4.79 Å². The Morgan fingerprint density at radius 1 is 1.60 bits per heavy atom. The maximum Gasteiger partial charge on any atom is 0.248 e. The smallest absolute Gasteiger partial charge is 0.248 e. The van der Waals surface area contributed by atoms with Crippen LogP contribution in [0.25, 0.3) is 5.57 Å². The van der Waals surface area contributed by atoms with Crippen molar-refractivity contribution in [1.29, 1.82) is 5.26 Å². The van der Waals surface area contributed by atoms with E-state index in [4.69, 9.17) is 21.6 Å². The highest BCUT2D eigenvalue weighted by molar-refractivity contribution is 6.30. The molecule has 20 heavy (non-hydrogen) atoms. The van der Waals surface area contributed by atoms with Crippen LogP contribution in [0.15, 0.2) is 30.3 Å². The van der Waals surface area contributed by atoms with Gasteiger partial charge in [-0.2, -0.15) is 5.26 Å². The number of nitriles is 1. The van der Waals surface area contributed by atoms with Crippen LogP contribution in [0.1, 0.15) is 12.5 Å². The summed E-state index contributed by atoms with van der Waals surface area (Å²) in [6.07, 6.45) is 1.54. The average molecular weight is 291 g/mol. The first-order valence-corrected chi connectivity index (χ1v) is 6.72. The third-order valence-electron chi connectivity index (χ3n) is 3.18. The lowest BCUT2D eigenvalue weighted by Gasteiger charge is -2.30. The lowest BCUT2D eigenvalue weighted by Crippen LogP contribution is -2.47. The molecule has 1 saturated heterocycles. The van der Waals surface area contributed by atoms with Gasteiger partial charge in [-0.25, -0.2) is 0 Å². The van der Waals surface area contributed by atoms with E-state index in [1.165, 1.54) is 4.90 Å². The predicted octanol–water partition coefficient (Wildman–Crippen LogP) is 2.49. The van der Waals surface area contributed by atoms with Gasteiger partial charge in [-0.05, 0) is 30.2 Å². The van der Waals surface area contributed by atoms with E-state index in [0.717, 1.165) is 11.1 Å². The summed E-state index contributed by atoms with van der Waals surface area (Å²) in [4.78, 5) is 13.8. The van der Waals surface area contributed by atoms with Crippen LogP contribution in [0.5, 0.6) is 0 Å². The van der Waals surface area contributed by atoms with E-state index in [2.05, 4.69) is 6.07 Å². The van der Waals surface area contributed by atoms with E-state index >= 15 is 0 Å². The molecular formula is C15H15ClN2O2. The Morgan fingerprint density at radius 3 is 3.10 bits per heavy atom. The zero-order valence-corrected chi connectivity index (χ0v) is 11.9. The van der Waals surface area contributed by atoms with Crippen molar-refractivity contribution in [2.75, 3.05) is 19.8 Å². The van der Waals surface area contributed by atoms with Crippen molar-refractivity contribution in [3.8, 4) is 6.07 Å². The van der Waals surface area contributed by atoms with Gasteiger partial charge in [0.25, 0.3) is 0 Å². The summed E-state index contributed by atoms with van der Waals surface area (Å²) in [7, 11) is 0. The standard InChI is InChI=1S/C15H15ClN2O2/c1-11(12-3-2-4-13(16)8-12)7-15(19)18-5-6-20-10-14(18)9-17/h2-4,7-8,14H,5-6,10H2,1H3/b11-7+. The van der Waals surface area contributed by atoms with Gasteiger partial charge in [0.2, 0.25) is 5.91 Å². The number of morpholine rings is 1. The molecule has 0 N–H and O–H groups in total. The Balaban J connectivity index is 2.17. The van der Waals surface area contributed by atoms with Crippen LogP contribution in [0, 0.1) is 11.3 Å². The van der Waals surface area contributed by atoms with Crippen LogP contribution in [-0.4, -0.2) is 36.6 Å². The van der Waals surface area contributed by atoms with Crippen molar-refractivity contribution >= 4 is 23.1 Å². The van der Waals surface area contributed by atoms with Crippen LogP contribution in [0.3, 0.4) is 0 Å². The number of hydrogen-bond acceptors (Lipinski definition) is 3. The van der Waals surface area contributed by atoms with Crippen molar-refractivity contribution in [2.45, 2.75) is 13.0 Å². The van der Waals surface area contributed by atoms with Crippen LogP contribution in [0.4, 0.5) is 0 Å². The van der Waals surface area contributed by atoms with Crippen LogP contribution in [-0.2, 0) is 9.53 Å². The second kappa shape index (κ2) is 6.56. The number of ether oxygens (including phenoxy) is 1. The number of halogens is 1. The summed E-state index contributed by atoms with van der Waals surface area (Å²) in [6, 6.07) is 8.90. The molecule has 0 aromatic heterocycles. The van der Waals surface area contributed by atoms with E-state index in [1.807, 2.05) is 25.1 Å². The Morgan fingerprint density at radius 2 is 2.40 bits per heavy atom. The van der Waals surface area contributed by atoms with Crippen molar-refractivity contribution < 1.29 is 9.53 Å². The zero-order valence-electron chi connectivity index (χ0n) is 11.2. The van der Waals surface area contributed by atoms with Crippen LogP contribution < -0.4 is 0 Å². The van der Waals surface area contributed by atoms with Gasteiger partial charge >= 0.3 is 0 Å². The molecule has 104 valence electrons. The second-order valence-electron chi connectivity index (χ2n) is 4.59. The molecule has 1 aliphatic heterocycles.